The van der Waals surface area contributed by atoms with Crippen LogP contribution in [-0.2, 0) is 23.4 Å². The minimum atomic E-state index is -1.73. The molecular weight excluding hydrogens is 364 g/mol. The molecule has 0 radical (unpaired) electrons. The third-order valence-electron chi connectivity index (χ3n) is 5.92. The molecule has 1 saturated carbocycles. The number of hydrogen-bond donors (Lipinski definition) is 1. The highest BCUT2D eigenvalue weighted by atomic mass is 31.1. The van der Waals surface area contributed by atoms with Crippen LogP contribution in [0, 0.1) is 5.92 Å². The summed E-state index contributed by atoms with van der Waals surface area (Å²) in [6, 6.07) is 7.56. The van der Waals surface area contributed by atoms with E-state index in [1.54, 1.807) is 0 Å². The van der Waals surface area contributed by atoms with Crippen molar-refractivity contribution in [3.63, 3.8) is 0 Å². The van der Waals surface area contributed by atoms with Gasteiger partial charge in [-0.15, -0.1) is 5.09 Å². The summed E-state index contributed by atoms with van der Waals surface area (Å²) in [7, 11) is -0.743. The molecular formula is C19H28BNO5P+. The first-order valence-corrected chi connectivity index (χ1v) is 10.7. The van der Waals surface area contributed by atoms with Gasteiger partial charge in [-0.05, 0) is 69.1 Å². The first-order valence-electron chi connectivity index (χ1n) is 9.40. The van der Waals surface area contributed by atoms with E-state index >= 15 is 0 Å². The number of benzene rings is 1. The standard InChI is InChI=1S/C19H28BNO5P/c1-18(2)19(3,4)26-20(25-18)14-7-10-16(11-8-14)27(23)21-15-9-6-13(12-15)17(22)24-5/h7-8,10-11,13,15H,6,9,12H2,1-5H3,(H,21,23)/q+1/t13-,15+/m1/s1. The normalized spacial score (nSPS) is 26.9. The predicted octanol–water partition coefficient (Wildman–Crippen LogP) is 2.28. The number of hydrogen-bond acceptors (Lipinski definition) is 5. The second-order valence-corrected chi connectivity index (χ2v) is 9.70. The van der Waals surface area contributed by atoms with Crippen molar-refractivity contribution in [1.82, 2.24) is 5.09 Å². The first kappa shape index (κ1) is 20.5. The molecule has 0 bridgehead atoms. The molecule has 27 heavy (non-hydrogen) atoms. The van der Waals surface area contributed by atoms with Gasteiger partial charge in [-0.3, -0.25) is 4.79 Å². The van der Waals surface area contributed by atoms with Crippen molar-refractivity contribution in [2.75, 3.05) is 7.11 Å². The maximum Gasteiger partial charge on any atom is 0.494 e. The lowest BCUT2D eigenvalue weighted by molar-refractivity contribution is -0.145. The lowest BCUT2D eigenvalue weighted by Crippen LogP contribution is -2.41. The lowest BCUT2D eigenvalue weighted by atomic mass is 9.79. The number of rotatable bonds is 5. The fourth-order valence-electron chi connectivity index (χ4n) is 3.47. The number of ether oxygens (including phenoxy) is 1. The van der Waals surface area contributed by atoms with Crippen LogP contribution in [-0.4, -0.2) is 37.4 Å². The molecule has 1 aromatic carbocycles. The van der Waals surface area contributed by atoms with E-state index in [-0.39, 0.29) is 29.1 Å². The van der Waals surface area contributed by atoms with Gasteiger partial charge in [0, 0.05) is 0 Å². The van der Waals surface area contributed by atoms with Crippen molar-refractivity contribution >= 4 is 31.8 Å². The smallest absolute Gasteiger partial charge is 0.469 e. The second kappa shape index (κ2) is 7.63. The molecule has 1 unspecified atom stereocenters. The highest BCUT2D eigenvalue weighted by molar-refractivity contribution is 7.51. The Morgan fingerprint density at radius 1 is 1.15 bits per heavy atom. The molecule has 2 aliphatic rings. The second-order valence-electron chi connectivity index (χ2n) is 8.33. The lowest BCUT2D eigenvalue weighted by Gasteiger charge is -2.32. The zero-order valence-electron chi connectivity index (χ0n) is 16.7. The van der Waals surface area contributed by atoms with Crippen LogP contribution < -0.4 is 15.9 Å². The van der Waals surface area contributed by atoms with Crippen molar-refractivity contribution < 1.29 is 23.4 Å². The summed E-state index contributed by atoms with van der Waals surface area (Å²) in [5.74, 6) is -0.275. The topological polar surface area (TPSA) is 73.9 Å². The van der Waals surface area contributed by atoms with Crippen LogP contribution in [0.2, 0.25) is 0 Å². The monoisotopic (exact) mass is 392 g/mol. The van der Waals surface area contributed by atoms with Gasteiger partial charge in [-0.25, -0.2) is 0 Å². The molecule has 146 valence electrons. The number of methoxy groups -OCH3 is 1. The average Bonchev–Trinajstić information content (AvgIpc) is 3.16. The zero-order chi connectivity index (χ0) is 19.8. The van der Waals surface area contributed by atoms with Crippen molar-refractivity contribution in [1.29, 1.82) is 0 Å². The van der Waals surface area contributed by atoms with E-state index in [0.717, 1.165) is 23.6 Å². The molecule has 8 heteroatoms. The Balaban J connectivity index is 1.59. The summed E-state index contributed by atoms with van der Waals surface area (Å²) < 4.78 is 29.5. The first-order chi connectivity index (χ1) is 12.6. The Labute approximate surface area is 162 Å². The fourth-order valence-corrected chi connectivity index (χ4v) is 4.60. The van der Waals surface area contributed by atoms with Crippen molar-refractivity contribution in [2.45, 2.75) is 64.2 Å². The van der Waals surface area contributed by atoms with E-state index < -0.39 is 15.1 Å². The van der Waals surface area contributed by atoms with Crippen molar-refractivity contribution in [2.24, 2.45) is 5.92 Å². The molecule has 1 N–H and O–H groups in total. The van der Waals surface area contributed by atoms with E-state index in [4.69, 9.17) is 14.0 Å². The molecule has 2 fully saturated rings. The zero-order valence-corrected chi connectivity index (χ0v) is 17.5. The highest BCUT2D eigenvalue weighted by Gasteiger charge is 2.51. The Hall–Kier alpha value is -1.27. The summed E-state index contributed by atoms with van der Waals surface area (Å²) in [4.78, 5) is 11.6. The SMILES string of the molecule is COC(=O)[C@@H]1CC[C@H](N[P+](=O)c2ccc(B3OC(C)(C)C(C)(C)O3)cc2)C1. The van der Waals surface area contributed by atoms with Crippen LogP contribution >= 0.6 is 7.95 Å². The Bertz CT molecular complexity index is 705. The molecule has 3 atom stereocenters. The van der Waals surface area contributed by atoms with Gasteiger partial charge in [0.05, 0.1) is 30.3 Å². The van der Waals surface area contributed by atoms with E-state index in [9.17, 15) is 9.36 Å². The Kier molecular flexibility index (Phi) is 5.78. The van der Waals surface area contributed by atoms with Gasteiger partial charge < -0.3 is 14.0 Å². The quantitative estimate of drug-likeness (QED) is 0.471. The average molecular weight is 392 g/mol. The van der Waals surface area contributed by atoms with E-state index in [0.29, 0.717) is 6.42 Å². The molecule has 0 amide bonds. The Morgan fingerprint density at radius 2 is 1.74 bits per heavy atom. The van der Waals surface area contributed by atoms with Crippen LogP contribution in [0.15, 0.2) is 24.3 Å². The third kappa shape index (κ3) is 4.27. The van der Waals surface area contributed by atoms with E-state index in [1.807, 2.05) is 52.0 Å². The summed E-state index contributed by atoms with van der Waals surface area (Å²) in [5.41, 5.74) is 0.135. The Morgan fingerprint density at radius 3 is 2.30 bits per heavy atom. The van der Waals surface area contributed by atoms with E-state index in [2.05, 4.69) is 5.09 Å². The fraction of sp³-hybridized carbons (Fsp3) is 0.632. The summed E-state index contributed by atoms with van der Waals surface area (Å²) >= 11 is 0. The van der Waals surface area contributed by atoms with E-state index in [1.165, 1.54) is 7.11 Å². The number of nitrogens with one attached hydrogen (secondary N) is 1. The van der Waals surface area contributed by atoms with Crippen LogP contribution in [0.5, 0.6) is 0 Å². The summed E-state index contributed by atoms with van der Waals surface area (Å²) in [6.07, 6.45) is 2.26. The van der Waals surface area contributed by atoms with Crippen molar-refractivity contribution in [3.05, 3.63) is 24.3 Å². The molecule has 0 spiro atoms. The van der Waals surface area contributed by atoms with Gasteiger partial charge in [0.25, 0.3) is 0 Å². The highest BCUT2D eigenvalue weighted by Crippen LogP contribution is 2.36. The predicted molar refractivity (Wildman–Crippen MR) is 106 cm³/mol. The largest absolute Gasteiger partial charge is 0.494 e. The molecule has 0 aromatic heterocycles. The molecule has 3 rings (SSSR count). The maximum absolute atomic E-state index is 12.6. The molecule has 1 aliphatic carbocycles. The minimum Gasteiger partial charge on any atom is -0.469 e. The molecule has 1 saturated heterocycles. The van der Waals surface area contributed by atoms with Gasteiger partial charge in [0.2, 0.25) is 5.30 Å². The minimum absolute atomic E-state index is 0.0699. The molecule has 1 heterocycles. The molecule has 1 aliphatic heterocycles. The summed E-state index contributed by atoms with van der Waals surface area (Å²) in [6.45, 7) is 8.08. The maximum atomic E-state index is 12.6. The van der Waals surface area contributed by atoms with Crippen LogP contribution in [0.1, 0.15) is 47.0 Å². The van der Waals surface area contributed by atoms with Gasteiger partial charge >= 0.3 is 21.0 Å². The summed E-state index contributed by atoms with van der Waals surface area (Å²) in [5, 5.41) is 3.89. The van der Waals surface area contributed by atoms with Crippen LogP contribution in [0.3, 0.4) is 0 Å². The van der Waals surface area contributed by atoms with Crippen LogP contribution in [0.25, 0.3) is 0 Å². The van der Waals surface area contributed by atoms with Gasteiger partial charge in [0.1, 0.15) is 0 Å². The number of esters is 1. The van der Waals surface area contributed by atoms with Gasteiger partial charge in [0.15, 0.2) is 0 Å². The van der Waals surface area contributed by atoms with Gasteiger partial charge in [-0.2, -0.15) is 0 Å². The molecule has 1 aromatic rings. The van der Waals surface area contributed by atoms with Gasteiger partial charge in [-0.1, -0.05) is 12.1 Å². The number of carbonyl (C=O) groups excluding carboxylic acids is 1. The van der Waals surface area contributed by atoms with Crippen molar-refractivity contribution in [3.8, 4) is 0 Å². The number of carbonyl (C=O) groups is 1. The third-order valence-corrected chi connectivity index (χ3v) is 7.29. The molecule has 6 nitrogen and oxygen atoms in total. The van der Waals surface area contributed by atoms with Crippen LogP contribution in [0.4, 0.5) is 0 Å².